The first kappa shape index (κ1) is 19.7. The molecule has 0 aliphatic carbocycles. The highest BCUT2D eigenvalue weighted by Crippen LogP contribution is 2.23. The molecule has 1 aliphatic rings. The van der Waals surface area contributed by atoms with Crippen LogP contribution >= 0.6 is 12.4 Å². The fourth-order valence-corrected chi connectivity index (χ4v) is 2.81. The van der Waals surface area contributed by atoms with Crippen molar-refractivity contribution in [1.29, 1.82) is 0 Å². The lowest BCUT2D eigenvalue weighted by Gasteiger charge is -2.32. The fraction of sp³-hybridized carbons (Fsp3) is 0.588. The number of hydrogen-bond donors (Lipinski definition) is 2. The zero-order valence-corrected chi connectivity index (χ0v) is 15.0. The Morgan fingerprint density at radius 2 is 2.22 bits per heavy atom. The van der Waals surface area contributed by atoms with E-state index in [1.54, 1.807) is 4.90 Å². The number of anilines is 1. The molecule has 1 aliphatic heterocycles. The fourth-order valence-electron chi connectivity index (χ4n) is 2.81. The molecule has 1 aromatic rings. The zero-order chi connectivity index (χ0) is 16.1. The largest absolute Gasteiger partial charge is 0.374 e. The van der Waals surface area contributed by atoms with Crippen LogP contribution in [0.25, 0.3) is 0 Å². The van der Waals surface area contributed by atoms with Crippen molar-refractivity contribution < 1.29 is 9.53 Å². The molecule has 3 N–H and O–H groups in total. The Labute approximate surface area is 145 Å². The van der Waals surface area contributed by atoms with Crippen molar-refractivity contribution in [2.75, 3.05) is 31.6 Å². The Bertz CT molecular complexity index is 521. The highest BCUT2D eigenvalue weighted by molar-refractivity contribution is 5.89. The second-order valence-corrected chi connectivity index (χ2v) is 6.17. The molecule has 23 heavy (non-hydrogen) atoms. The quantitative estimate of drug-likeness (QED) is 0.884. The number of amides is 2. The molecule has 6 heteroatoms. The number of morpholine rings is 1. The molecule has 0 radical (unpaired) electrons. The maximum atomic E-state index is 12.4. The average Bonchev–Trinajstić information content (AvgIpc) is 2.49. The summed E-state index contributed by atoms with van der Waals surface area (Å²) in [5.74, 6) is 0.439. The molecular weight excluding hydrogens is 314 g/mol. The lowest BCUT2D eigenvalue weighted by atomic mass is 9.97. The molecule has 0 bridgehead atoms. The second kappa shape index (κ2) is 9.11. The van der Waals surface area contributed by atoms with Crippen LogP contribution in [0.2, 0.25) is 0 Å². The van der Waals surface area contributed by atoms with Crippen LogP contribution in [0, 0.1) is 6.92 Å². The highest BCUT2D eigenvalue weighted by Gasteiger charge is 2.23. The van der Waals surface area contributed by atoms with Crippen LogP contribution in [0.15, 0.2) is 18.2 Å². The lowest BCUT2D eigenvalue weighted by molar-refractivity contribution is -0.0146. The first-order valence-electron chi connectivity index (χ1n) is 7.99. The summed E-state index contributed by atoms with van der Waals surface area (Å²) in [5, 5.41) is 3.00. The molecule has 0 saturated carbocycles. The number of hydrogen-bond acceptors (Lipinski definition) is 3. The number of nitrogens with one attached hydrogen (secondary N) is 1. The standard InChI is InChI=1S/C17H27N3O2.ClH/c1-12(2)16-10-14(5-4-13(16)3)19-17(21)20-8-9-22-15(11-20)6-7-18;/h4-5,10,12,15H,6-9,11,18H2,1-3H3,(H,19,21);1H. The predicted octanol–water partition coefficient (Wildman–Crippen LogP) is 3.12. The van der Waals surface area contributed by atoms with Crippen LogP contribution in [0.5, 0.6) is 0 Å². The second-order valence-electron chi connectivity index (χ2n) is 6.17. The van der Waals surface area contributed by atoms with E-state index in [0.717, 1.165) is 12.1 Å². The Morgan fingerprint density at radius 3 is 2.87 bits per heavy atom. The van der Waals surface area contributed by atoms with Gasteiger partial charge in [-0.3, -0.25) is 0 Å². The summed E-state index contributed by atoms with van der Waals surface area (Å²) in [4.78, 5) is 14.2. The van der Waals surface area contributed by atoms with E-state index in [-0.39, 0.29) is 24.5 Å². The number of rotatable bonds is 4. The van der Waals surface area contributed by atoms with E-state index in [1.165, 1.54) is 11.1 Å². The molecule has 1 fully saturated rings. The van der Waals surface area contributed by atoms with Crippen molar-refractivity contribution in [3.63, 3.8) is 0 Å². The number of nitrogens with zero attached hydrogens (tertiary/aromatic N) is 1. The van der Waals surface area contributed by atoms with E-state index in [4.69, 9.17) is 10.5 Å². The van der Waals surface area contributed by atoms with Gasteiger partial charge in [-0.05, 0) is 49.1 Å². The number of urea groups is 1. The molecule has 2 rings (SSSR count). The van der Waals surface area contributed by atoms with Gasteiger partial charge in [-0.25, -0.2) is 4.79 Å². The summed E-state index contributed by atoms with van der Waals surface area (Å²) in [6.07, 6.45) is 0.833. The van der Waals surface area contributed by atoms with Crippen molar-refractivity contribution in [3.05, 3.63) is 29.3 Å². The van der Waals surface area contributed by atoms with Gasteiger partial charge in [-0.15, -0.1) is 12.4 Å². The third kappa shape index (κ3) is 5.37. The van der Waals surface area contributed by atoms with E-state index in [0.29, 0.717) is 32.2 Å². The van der Waals surface area contributed by atoms with Crippen molar-refractivity contribution in [1.82, 2.24) is 4.90 Å². The van der Waals surface area contributed by atoms with Gasteiger partial charge in [-0.2, -0.15) is 0 Å². The molecule has 1 heterocycles. The van der Waals surface area contributed by atoms with Crippen LogP contribution < -0.4 is 11.1 Å². The van der Waals surface area contributed by atoms with E-state index in [2.05, 4.69) is 38.2 Å². The van der Waals surface area contributed by atoms with Gasteiger partial charge in [-0.1, -0.05) is 19.9 Å². The number of nitrogens with two attached hydrogens (primary N) is 1. The third-order valence-electron chi connectivity index (χ3n) is 4.07. The molecular formula is C17H28ClN3O2. The predicted molar refractivity (Wildman–Crippen MR) is 96.5 cm³/mol. The van der Waals surface area contributed by atoms with Crippen LogP contribution in [0.3, 0.4) is 0 Å². The molecule has 1 atom stereocenters. The third-order valence-corrected chi connectivity index (χ3v) is 4.07. The molecule has 130 valence electrons. The minimum atomic E-state index is -0.0659. The number of carbonyl (C=O) groups excluding carboxylic acids is 1. The van der Waals surface area contributed by atoms with E-state index in [9.17, 15) is 4.79 Å². The number of carbonyl (C=O) groups is 1. The Balaban J connectivity index is 0.00000264. The minimum Gasteiger partial charge on any atom is -0.374 e. The van der Waals surface area contributed by atoms with Crippen molar-refractivity contribution in [2.45, 2.75) is 39.2 Å². The monoisotopic (exact) mass is 341 g/mol. The Morgan fingerprint density at radius 1 is 1.48 bits per heavy atom. The minimum absolute atomic E-state index is 0. The van der Waals surface area contributed by atoms with Crippen LogP contribution in [0.1, 0.15) is 37.3 Å². The topological polar surface area (TPSA) is 67.6 Å². The van der Waals surface area contributed by atoms with Gasteiger partial charge < -0.3 is 20.7 Å². The van der Waals surface area contributed by atoms with Crippen LogP contribution in [-0.4, -0.2) is 43.3 Å². The maximum Gasteiger partial charge on any atom is 0.322 e. The first-order valence-corrected chi connectivity index (χ1v) is 7.99. The summed E-state index contributed by atoms with van der Waals surface area (Å²) >= 11 is 0. The summed E-state index contributed by atoms with van der Waals surface area (Å²) in [6, 6.07) is 6.01. The number of ether oxygens (including phenoxy) is 1. The maximum absolute atomic E-state index is 12.4. The van der Waals surface area contributed by atoms with Crippen molar-refractivity contribution >= 4 is 24.1 Å². The number of halogens is 1. The van der Waals surface area contributed by atoms with Crippen LogP contribution in [-0.2, 0) is 4.74 Å². The van der Waals surface area contributed by atoms with Crippen molar-refractivity contribution in [2.24, 2.45) is 5.73 Å². The SMILES string of the molecule is Cc1ccc(NC(=O)N2CCOC(CCN)C2)cc1C(C)C.Cl. The van der Waals surface area contributed by atoms with Crippen molar-refractivity contribution in [3.8, 4) is 0 Å². The molecule has 5 nitrogen and oxygen atoms in total. The Kier molecular flexibility index (Phi) is 7.82. The summed E-state index contributed by atoms with van der Waals surface area (Å²) < 4.78 is 5.61. The normalized spacial score (nSPS) is 17.8. The number of aryl methyl sites for hydroxylation is 1. The molecule has 1 aromatic carbocycles. The van der Waals surface area contributed by atoms with Gasteiger partial charge in [0.25, 0.3) is 0 Å². The molecule has 0 spiro atoms. The zero-order valence-electron chi connectivity index (χ0n) is 14.2. The van der Waals surface area contributed by atoms with E-state index >= 15 is 0 Å². The number of benzene rings is 1. The average molecular weight is 342 g/mol. The highest BCUT2D eigenvalue weighted by atomic mass is 35.5. The first-order chi connectivity index (χ1) is 10.5. The molecule has 0 aromatic heterocycles. The van der Waals surface area contributed by atoms with Gasteiger partial charge in [0.2, 0.25) is 0 Å². The van der Waals surface area contributed by atoms with Crippen LogP contribution in [0.4, 0.5) is 10.5 Å². The van der Waals surface area contributed by atoms with E-state index < -0.39 is 0 Å². The summed E-state index contributed by atoms with van der Waals surface area (Å²) in [7, 11) is 0. The summed E-state index contributed by atoms with van der Waals surface area (Å²) in [6.45, 7) is 8.79. The molecule has 1 saturated heterocycles. The van der Waals surface area contributed by atoms with Gasteiger partial charge in [0.15, 0.2) is 0 Å². The van der Waals surface area contributed by atoms with E-state index in [1.807, 2.05) is 6.07 Å². The lowest BCUT2D eigenvalue weighted by Crippen LogP contribution is -2.47. The summed E-state index contributed by atoms with van der Waals surface area (Å²) in [5.41, 5.74) is 8.93. The Hall–Kier alpha value is -1.30. The molecule has 1 unspecified atom stereocenters. The smallest absolute Gasteiger partial charge is 0.322 e. The van der Waals surface area contributed by atoms with Gasteiger partial charge in [0.05, 0.1) is 12.7 Å². The van der Waals surface area contributed by atoms with Gasteiger partial charge in [0, 0.05) is 18.8 Å². The molecule has 2 amide bonds. The van der Waals surface area contributed by atoms with Gasteiger partial charge in [0.1, 0.15) is 0 Å². The van der Waals surface area contributed by atoms with Gasteiger partial charge >= 0.3 is 6.03 Å².